The lowest BCUT2D eigenvalue weighted by atomic mass is 10.1. The molecule has 4 rings (SSSR count). The Hall–Kier alpha value is -3.02. The topological polar surface area (TPSA) is 49.4 Å². The lowest BCUT2D eigenvalue weighted by Crippen LogP contribution is -2.32. The molecule has 30 heavy (non-hydrogen) atoms. The summed E-state index contributed by atoms with van der Waals surface area (Å²) in [6.45, 7) is 3.95. The van der Waals surface area contributed by atoms with Crippen LogP contribution in [0.3, 0.4) is 0 Å². The summed E-state index contributed by atoms with van der Waals surface area (Å²) in [5, 5.41) is 3.69. The molecule has 6 heteroatoms. The fourth-order valence-electron chi connectivity index (χ4n) is 3.18. The molecule has 1 aliphatic heterocycles. The van der Waals surface area contributed by atoms with Crippen LogP contribution in [0.2, 0.25) is 5.02 Å². The second kappa shape index (κ2) is 8.38. The number of anilines is 2. The van der Waals surface area contributed by atoms with Crippen LogP contribution in [0.15, 0.2) is 88.3 Å². The Labute approximate surface area is 184 Å². The van der Waals surface area contributed by atoms with Gasteiger partial charge in [-0.2, -0.15) is 0 Å². The normalized spacial score (nSPS) is 13.9. The summed E-state index contributed by atoms with van der Waals surface area (Å²) in [6.07, 6.45) is 0. The van der Waals surface area contributed by atoms with Crippen LogP contribution in [-0.4, -0.2) is 11.8 Å². The summed E-state index contributed by atoms with van der Waals surface area (Å²) in [6, 6.07) is 22.2. The van der Waals surface area contributed by atoms with Crippen LogP contribution in [0.5, 0.6) is 0 Å². The molecule has 0 radical (unpaired) electrons. The van der Waals surface area contributed by atoms with Gasteiger partial charge in [-0.3, -0.25) is 9.59 Å². The summed E-state index contributed by atoms with van der Waals surface area (Å²) in [5.41, 5.74) is 3.55. The van der Waals surface area contributed by atoms with Gasteiger partial charge in [0.1, 0.15) is 10.6 Å². The average molecular weight is 435 g/mol. The van der Waals surface area contributed by atoms with Crippen molar-refractivity contribution in [2.75, 3.05) is 10.2 Å². The van der Waals surface area contributed by atoms with Crippen LogP contribution < -0.4 is 10.2 Å². The maximum Gasteiger partial charge on any atom is 0.283 e. The molecule has 0 atom stereocenters. The Morgan fingerprint density at radius 2 is 1.63 bits per heavy atom. The van der Waals surface area contributed by atoms with E-state index in [2.05, 4.69) is 5.32 Å². The number of nitrogens with one attached hydrogen (secondary N) is 1. The lowest BCUT2D eigenvalue weighted by molar-refractivity contribution is -0.120. The number of hydrogen-bond acceptors (Lipinski definition) is 4. The van der Waals surface area contributed by atoms with Gasteiger partial charge in [-0.1, -0.05) is 59.8 Å². The molecule has 0 aromatic heterocycles. The quantitative estimate of drug-likeness (QED) is 0.504. The zero-order valence-electron chi connectivity index (χ0n) is 16.5. The van der Waals surface area contributed by atoms with Crippen molar-refractivity contribution >= 4 is 46.6 Å². The van der Waals surface area contributed by atoms with Crippen LogP contribution >= 0.6 is 23.4 Å². The number of rotatable bonds is 5. The fraction of sp³-hybridized carbons (Fsp3) is 0.0833. The van der Waals surface area contributed by atoms with Gasteiger partial charge in [0.15, 0.2) is 0 Å². The molecule has 0 bridgehead atoms. The number of hydrogen-bond donors (Lipinski definition) is 1. The summed E-state index contributed by atoms with van der Waals surface area (Å²) in [7, 11) is 0. The van der Waals surface area contributed by atoms with E-state index in [9.17, 15) is 9.59 Å². The van der Waals surface area contributed by atoms with Crippen LogP contribution in [0.1, 0.15) is 11.1 Å². The van der Waals surface area contributed by atoms with Crippen LogP contribution in [0, 0.1) is 13.8 Å². The molecule has 3 aromatic carbocycles. The first-order valence-corrected chi connectivity index (χ1v) is 10.6. The lowest BCUT2D eigenvalue weighted by Gasteiger charge is -2.16. The number of benzene rings is 3. The van der Waals surface area contributed by atoms with E-state index < -0.39 is 5.91 Å². The maximum atomic E-state index is 13.4. The number of thioether (sulfide) groups is 1. The minimum Gasteiger partial charge on any atom is -0.350 e. The second-order valence-corrected chi connectivity index (χ2v) is 8.51. The fourth-order valence-corrected chi connectivity index (χ4v) is 4.31. The molecular weight excluding hydrogens is 416 g/mol. The van der Waals surface area contributed by atoms with E-state index in [-0.39, 0.29) is 11.6 Å². The van der Waals surface area contributed by atoms with Crippen molar-refractivity contribution in [1.29, 1.82) is 0 Å². The third-order valence-corrected chi connectivity index (χ3v) is 6.05. The maximum absolute atomic E-state index is 13.4. The Kier molecular flexibility index (Phi) is 5.66. The SMILES string of the molecule is Cc1ccc(C)c(NC2=C(Sc3ccccc3)C(=O)N(c3cccc(Cl)c3)C2=O)c1. The summed E-state index contributed by atoms with van der Waals surface area (Å²) < 4.78 is 0. The summed E-state index contributed by atoms with van der Waals surface area (Å²) in [4.78, 5) is 29.1. The number of aryl methyl sites for hydroxylation is 2. The van der Waals surface area contributed by atoms with Crippen molar-refractivity contribution in [1.82, 2.24) is 0 Å². The molecule has 2 amide bonds. The predicted molar refractivity (Wildman–Crippen MR) is 123 cm³/mol. The Morgan fingerprint density at radius 1 is 0.867 bits per heavy atom. The summed E-state index contributed by atoms with van der Waals surface area (Å²) >= 11 is 7.38. The van der Waals surface area contributed by atoms with E-state index >= 15 is 0 Å². The van der Waals surface area contributed by atoms with Crippen molar-refractivity contribution < 1.29 is 9.59 Å². The molecule has 0 saturated carbocycles. The Bertz CT molecular complexity index is 1170. The van der Waals surface area contributed by atoms with Gasteiger partial charge in [0, 0.05) is 15.6 Å². The first kappa shape index (κ1) is 20.3. The van der Waals surface area contributed by atoms with Gasteiger partial charge in [0.05, 0.1) is 5.69 Å². The molecule has 0 aliphatic carbocycles. The molecule has 0 unspecified atom stereocenters. The van der Waals surface area contributed by atoms with E-state index in [1.807, 2.05) is 62.4 Å². The third kappa shape index (κ3) is 3.99. The average Bonchev–Trinajstić information content (AvgIpc) is 2.95. The molecule has 0 fully saturated rings. The van der Waals surface area contributed by atoms with Gasteiger partial charge in [0.25, 0.3) is 11.8 Å². The number of carbonyl (C=O) groups is 2. The second-order valence-electron chi connectivity index (χ2n) is 6.99. The number of carbonyl (C=O) groups excluding carboxylic acids is 2. The predicted octanol–water partition coefficient (Wildman–Crippen LogP) is 5.95. The van der Waals surface area contributed by atoms with Crippen molar-refractivity contribution in [2.24, 2.45) is 0 Å². The van der Waals surface area contributed by atoms with Crippen molar-refractivity contribution in [2.45, 2.75) is 18.7 Å². The Balaban J connectivity index is 1.78. The first-order chi connectivity index (χ1) is 14.4. The minimum atomic E-state index is -0.401. The number of halogens is 1. The largest absolute Gasteiger partial charge is 0.350 e. The zero-order valence-corrected chi connectivity index (χ0v) is 18.1. The van der Waals surface area contributed by atoms with Crippen molar-refractivity contribution in [3.63, 3.8) is 0 Å². The molecule has 1 N–H and O–H groups in total. The van der Waals surface area contributed by atoms with E-state index in [1.165, 1.54) is 16.7 Å². The number of nitrogens with zero attached hydrogens (tertiary/aromatic N) is 1. The third-order valence-electron chi connectivity index (χ3n) is 4.72. The molecule has 1 heterocycles. The molecule has 3 aromatic rings. The van der Waals surface area contributed by atoms with Gasteiger partial charge >= 0.3 is 0 Å². The van der Waals surface area contributed by atoms with Gasteiger partial charge in [0.2, 0.25) is 0 Å². The standard InChI is InChI=1S/C24H19ClN2O2S/c1-15-11-12-16(2)20(13-15)26-21-22(30-19-9-4-3-5-10-19)24(29)27(23(21)28)18-8-6-7-17(25)14-18/h3-14,26H,1-2H3. The van der Waals surface area contributed by atoms with Crippen LogP contribution in [0.25, 0.3) is 0 Å². The molecule has 0 saturated heterocycles. The van der Waals surface area contributed by atoms with Gasteiger partial charge in [-0.05, 0) is 61.4 Å². The molecule has 150 valence electrons. The first-order valence-electron chi connectivity index (χ1n) is 9.40. The zero-order chi connectivity index (χ0) is 21.3. The highest BCUT2D eigenvalue weighted by molar-refractivity contribution is 8.04. The summed E-state index contributed by atoms with van der Waals surface area (Å²) in [5.74, 6) is -0.773. The number of imide groups is 1. The monoisotopic (exact) mass is 434 g/mol. The minimum absolute atomic E-state index is 0.266. The highest BCUT2D eigenvalue weighted by Crippen LogP contribution is 2.38. The van der Waals surface area contributed by atoms with Gasteiger partial charge in [-0.25, -0.2) is 4.90 Å². The molecule has 1 aliphatic rings. The smallest absolute Gasteiger partial charge is 0.283 e. The van der Waals surface area contributed by atoms with Crippen LogP contribution in [-0.2, 0) is 9.59 Å². The van der Waals surface area contributed by atoms with E-state index in [4.69, 9.17) is 11.6 Å². The van der Waals surface area contributed by atoms with Crippen molar-refractivity contribution in [3.05, 3.63) is 99.5 Å². The van der Waals surface area contributed by atoms with Crippen molar-refractivity contribution in [3.8, 4) is 0 Å². The van der Waals surface area contributed by atoms with Gasteiger partial charge < -0.3 is 5.32 Å². The Morgan fingerprint density at radius 3 is 2.37 bits per heavy atom. The number of amides is 2. The molecule has 4 nitrogen and oxygen atoms in total. The van der Waals surface area contributed by atoms with Gasteiger partial charge in [-0.15, -0.1) is 0 Å². The van der Waals surface area contributed by atoms with E-state index in [1.54, 1.807) is 24.3 Å². The highest BCUT2D eigenvalue weighted by atomic mass is 35.5. The molecular formula is C24H19ClN2O2S. The highest BCUT2D eigenvalue weighted by Gasteiger charge is 2.40. The van der Waals surface area contributed by atoms with Crippen LogP contribution in [0.4, 0.5) is 11.4 Å². The van der Waals surface area contributed by atoms with E-state index in [0.717, 1.165) is 21.7 Å². The molecule has 0 spiro atoms. The van der Waals surface area contributed by atoms with E-state index in [0.29, 0.717) is 15.6 Å².